The lowest BCUT2D eigenvalue weighted by Gasteiger charge is -2.10. The van der Waals surface area contributed by atoms with E-state index in [0.717, 1.165) is 30.2 Å². The molecule has 0 aliphatic heterocycles. The third kappa shape index (κ3) is 8.55. The zero-order valence-electron chi connectivity index (χ0n) is 18.0. The maximum atomic E-state index is 12.2. The minimum absolute atomic E-state index is 0.106. The lowest BCUT2D eigenvalue weighted by Crippen LogP contribution is -2.23. The zero-order chi connectivity index (χ0) is 21.6. The Morgan fingerprint density at radius 2 is 1.50 bits per heavy atom. The van der Waals surface area contributed by atoms with E-state index in [4.69, 9.17) is 4.74 Å². The average Bonchev–Trinajstić information content (AvgIpc) is 2.76. The molecule has 3 N–H and O–H groups in total. The highest BCUT2D eigenvalue weighted by atomic mass is 16.5. The predicted molar refractivity (Wildman–Crippen MR) is 122 cm³/mol. The first-order valence-electron chi connectivity index (χ1n) is 10.8. The Morgan fingerprint density at radius 1 is 0.833 bits per heavy atom. The summed E-state index contributed by atoms with van der Waals surface area (Å²) in [6.45, 7) is 5.53. The summed E-state index contributed by atoms with van der Waals surface area (Å²) >= 11 is 0. The van der Waals surface area contributed by atoms with E-state index in [9.17, 15) is 9.59 Å². The van der Waals surface area contributed by atoms with Gasteiger partial charge in [-0.3, -0.25) is 9.59 Å². The number of carbonyl (C=O) groups is 2. The number of rotatable bonds is 13. The number of ether oxygens (including phenoxy) is 1. The Labute approximate surface area is 179 Å². The molecule has 0 aliphatic rings. The van der Waals surface area contributed by atoms with Crippen LogP contribution < -0.4 is 20.7 Å². The van der Waals surface area contributed by atoms with Crippen LogP contribution in [0.15, 0.2) is 48.5 Å². The van der Waals surface area contributed by atoms with Gasteiger partial charge < -0.3 is 20.7 Å². The van der Waals surface area contributed by atoms with Crippen molar-refractivity contribution in [2.75, 3.05) is 30.3 Å². The van der Waals surface area contributed by atoms with E-state index in [1.807, 2.05) is 31.2 Å². The molecule has 0 bridgehead atoms. The molecule has 0 fully saturated rings. The van der Waals surface area contributed by atoms with E-state index in [1.54, 1.807) is 24.3 Å². The van der Waals surface area contributed by atoms with Gasteiger partial charge in [0.15, 0.2) is 0 Å². The second-order valence-corrected chi connectivity index (χ2v) is 7.13. The van der Waals surface area contributed by atoms with Crippen LogP contribution in [0.5, 0.6) is 5.75 Å². The van der Waals surface area contributed by atoms with Gasteiger partial charge in [0.1, 0.15) is 5.75 Å². The van der Waals surface area contributed by atoms with Crippen LogP contribution in [0.1, 0.15) is 56.3 Å². The van der Waals surface area contributed by atoms with Gasteiger partial charge in [0.05, 0.1) is 13.2 Å². The van der Waals surface area contributed by atoms with E-state index >= 15 is 0 Å². The first kappa shape index (κ1) is 23.3. The number of amides is 2. The molecule has 0 aromatic heterocycles. The van der Waals surface area contributed by atoms with E-state index in [2.05, 4.69) is 22.9 Å². The normalized spacial score (nSPS) is 10.3. The molecule has 30 heavy (non-hydrogen) atoms. The van der Waals surface area contributed by atoms with Crippen molar-refractivity contribution in [3.05, 3.63) is 54.1 Å². The summed E-state index contributed by atoms with van der Waals surface area (Å²) in [6, 6.07) is 14.4. The second kappa shape index (κ2) is 13.2. The van der Waals surface area contributed by atoms with Crippen LogP contribution in [0.2, 0.25) is 0 Å². The molecule has 2 aromatic rings. The Kier molecular flexibility index (Phi) is 10.3. The van der Waals surface area contributed by atoms with Gasteiger partial charge in [-0.05, 0) is 61.9 Å². The standard InChI is InChI=1S/C24H33N3O3/c1-3-5-6-7-8-17-30-22-15-13-21(14-16-22)27-23(28)18-26-20-11-9-19(10-12-20)24(29)25-4-2/h9-16,26H,3-8,17-18H2,1-2H3,(H,25,29)(H,27,28). The highest BCUT2D eigenvalue weighted by Crippen LogP contribution is 2.16. The summed E-state index contributed by atoms with van der Waals surface area (Å²) in [5.74, 6) is 0.562. The van der Waals surface area contributed by atoms with Crippen molar-refractivity contribution < 1.29 is 14.3 Å². The smallest absolute Gasteiger partial charge is 0.251 e. The van der Waals surface area contributed by atoms with Crippen molar-refractivity contribution in [1.29, 1.82) is 0 Å². The molecule has 0 unspecified atom stereocenters. The number of carbonyl (C=O) groups excluding carboxylic acids is 2. The zero-order valence-corrected chi connectivity index (χ0v) is 18.0. The number of hydrogen-bond acceptors (Lipinski definition) is 4. The summed E-state index contributed by atoms with van der Waals surface area (Å²) in [5.41, 5.74) is 2.10. The molecule has 0 saturated carbocycles. The Bertz CT molecular complexity index is 773. The molecule has 0 aliphatic carbocycles. The van der Waals surface area contributed by atoms with Crippen molar-refractivity contribution >= 4 is 23.2 Å². The van der Waals surface area contributed by atoms with Gasteiger partial charge in [-0.15, -0.1) is 0 Å². The molecule has 2 rings (SSSR count). The Morgan fingerprint density at radius 3 is 2.17 bits per heavy atom. The van der Waals surface area contributed by atoms with E-state index < -0.39 is 0 Å². The fourth-order valence-electron chi connectivity index (χ4n) is 2.92. The molecule has 2 amide bonds. The second-order valence-electron chi connectivity index (χ2n) is 7.13. The van der Waals surface area contributed by atoms with Gasteiger partial charge >= 0.3 is 0 Å². The fourth-order valence-corrected chi connectivity index (χ4v) is 2.92. The van der Waals surface area contributed by atoms with Gasteiger partial charge in [0, 0.05) is 23.5 Å². The molecule has 0 atom stereocenters. The van der Waals surface area contributed by atoms with Gasteiger partial charge in [-0.1, -0.05) is 32.6 Å². The van der Waals surface area contributed by atoms with Gasteiger partial charge in [-0.25, -0.2) is 0 Å². The summed E-state index contributed by atoms with van der Waals surface area (Å²) in [7, 11) is 0. The lowest BCUT2D eigenvalue weighted by molar-refractivity contribution is -0.114. The number of unbranched alkanes of at least 4 members (excludes halogenated alkanes) is 4. The van der Waals surface area contributed by atoms with Crippen LogP contribution in [0.4, 0.5) is 11.4 Å². The summed E-state index contributed by atoms with van der Waals surface area (Å²) in [5, 5.41) is 8.66. The fraction of sp³-hybridized carbons (Fsp3) is 0.417. The Hall–Kier alpha value is -3.02. The van der Waals surface area contributed by atoms with Crippen LogP contribution in [-0.4, -0.2) is 31.5 Å². The topological polar surface area (TPSA) is 79.5 Å². The van der Waals surface area contributed by atoms with Crippen molar-refractivity contribution in [1.82, 2.24) is 5.32 Å². The molecule has 162 valence electrons. The van der Waals surface area contributed by atoms with Crippen LogP contribution in [0, 0.1) is 0 Å². The highest BCUT2D eigenvalue weighted by molar-refractivity contribution is 5.95. The van der Waals surface area contributed by atoms with Crippen molar-refractivity contribution in [3.63, 3.8) is 0 Å². The molecule has 6 heteroatoms. The molecule has 6 nitrogen and oxygen atoms in total. The van der Waals surface area contributed by atoms with E-state index in [0.29, 0.717) is 12.1 Å². The van der Waals surface area contributed by atoms with Gasteiger partial charge in [0.2, 0.25) is 5.91 Å². The summed E-state index contributed by atoms with van der Waals surface area (Å²) < 4.78 is 5.74. The van der Waals surface area contributed by atoms with Crippen LogP contribution in [-0.2, 0) is 4.79 Å². The maximum Gasteiger partial charge on any atom is 0.251 e. The molecule has 0 heterocycles. The van der Waals surface area contributed by atoms with Crippen LogP contribution in [0.3, 0.4) is 0 Å². The van der Waals surface area contributed by atoms with Crippen LogP contribution >= 0.6 is 0 Å². The monoisotopic (exact) mass is 411 g/mol. The maximum absolute atomic E-state index is 12.2. The summed E-state index contributed by atoms with van der Waals surface area (Å²) in [4.78, 5) is 23.9. The SMILES string of the molecule is CCCCCCCOc1ccc(NC(=O)CNc2ccc(C(=O)NCC)cc2)cc1. The van der Waals surface area contributed by atoms with Gasteiger partial charge in [-0.2, -0.15) is 0 Å². The van der Waals surface area contributed by atoms with E-state index in [1.165, 1.54) is 25.7 Å². The third-order valence-corrected chi connectivity index (χ3v) is 4.59. The quantitative estimate of drug-likeness (QED) is 0.412. The number of anilines is 2. The molecular weight excluding hydrogens is 378 g/mol. The van der Waals surface area contributed by atoms with Crippen molar-refractivity contribution in [2.24, 2.45) is 0 Å². The molecule has 0 radical (unpaired) electrons. The Balaban J connectivity index is 1.70. The van der Waals surface area contributed by atoms with Crippen LogP contribution in [0.25, 0.3) is 0 Å². The number of benzene rings is 2. The number of hydrogen-bond donors (Lipinski definition) is 3. The van der Waals surface area contributed by atoms with Crippen molar-refractivity contribution in [2.45, 2.75) is 46.0 Å². The lowest BCUT2D eigenvalue weighted by atomic mass is 10.2. The van der Waals surface area contributed by atoms with E-state index in [-0.39, 0.29) is 18.4 Å². The van der Waals surface area contributed by atoms with Crippen molar-refractivity contribution in [3.8, 4) is 5.75 Å². The first-order valence-corrected chi connectivity index (χ1v) is 10.8. The minimum Gasteiger partial charge on any atom is -0.494 e. The van der Waals surface area contributed by atoms with Gasteiger partial charge in [0.25, 0.3) is 5.91 Å². The molecule has 0 saturated heterocycles. The number of nitrogens with one attached hydrogen (secondary N) is 3. The molecular formula is C24H33N3O3. The first-order chi connectivity index (χ1) is 14.6. The molecule has 0 spiro atoms. The highest BCUT2D eigenvalue weighted by Gasteiger charge is 2.05. The summed E-state index contributed by atoms with van der Waals surface area (Å²) in [6.07, 6.45) is 6.05. The predicted octanol–water partition coefficient (Wildman–Crippen LogP) is 4.84. The third-order valence-electron chi connectivity index (χ3n) is 4.59. The largest absolute Gasteiger partial charge is 0.494 e. The average molecular weight is 412 g/mol. The molecule has 2 aromatic carbocycles. The minimum atomic E-state index is -0.146.